The van der Waals surface area contributed by atoms with E-state index in [1.165, 1.54) is 0 Å². The molecule has 1 aromatic rings. The van der Waals surface area contributed by atoms with E-state index in [4.69, 9.17) is 11.6 Å². The molecule has 0 saturated carbocycles. The van der Waals surface area contributed by atoms with Crippen molar-refractivity contribution >= 4 is 17.4 Å². The molecule has 0 fully saturated rings. The topological polar surface area (TPSA) is 35.6 Å². The van der Waals surface area contributed by atoms with Gasteiger partial charge in [-0.25, -0.2) is 5.01 Å². The third kappa shape index (κ3) is 2.66. The van der Waals surface area contributed by atoms with Gasteiger partial charge in [0, 0.05) is 37.4 Å². The molecule has 0 aromatic heterocycles. The highest BCUT2D eigenvalue weighted by atomic mass is 35.5. The van der Waals surface area contributed by atoms with Gasteiger partial charge >= 0.3 is 0 Å². The predicted octanol–water partition coefficient (Wildman–Crippen LogP) is 1.66. The second-order valence-electron chi connectivity index (χ2n) is 4.07. The van der Waals surface area contributed by atoms with E-state index in [1.54, 1.807) is 6.20 Å². The summed E-state index contributed by atoms with van der Waals surface area (Å²) in [6, 6.07) is 9.27. The van der Waals surface area contributed by atoms with Crippen molar-refractivity contribution in [1.82, 2.24) is 15.3 Å². The van der Waals surface area contributed by atoms with Gasteiger partial charge < -0.3 is 5.32 Å². The van der Waals surface area contributed by atoms with Crippen LogP contribution in [0.2, 0.25) is 0 Å². The summed E-state index contributed by atoms with van der Waals surface area (Å²) < 4.78 is 0. The van der Waals surface area contributed by atoms with Gasteiger partial charge in [-0.1, -0.05) is 30.3 Å². The maximum atomic E-state index is 12.4. The van der Waals surface area contributed by atoms with Gasteiger partial charge in [0.05, 0.1) is 0 Å². The van der Waals surface area contributed by atoms with Crippen LogP contribution in [-0.2, 0) is 0 Å². The Morgan fingerprint density at radius 1 is 1.44 bits per heavy atom. The van der Waals surface area contributed by atoms with Crippen LogP contribution in [0.4, 0.5) is 0 Å². The van der Waals surface area contributed by atoms with Crippen molar-refractivity contribution in [2.45, 2.75) is 6.17 Å². The van der Waals surface area contributed by atoms with Crippen molar-refractivity contribution in [1.29, 1.82) is 0 Å². The molecule has 1 aromatic carbocycles. The number of hydrogen-bond acceptors (Lipinski definition) is 4. The summed E-state index contributed by atoms with van der Waals surface area (Å²) in [5, 5.41) is 6.84. The summed E-state index contributed by atoms with van der Waals surface area (Å²) in [6.07, 6.45) is 3.23. The lowest BCUT2D eigenvalue weighted by Gasteiger charge is -2.32. The lowest BCUT2D eigenvalue weighted by atomic mass is 10.1. The minimum Gasteiger partial charge on any atom is -0.362 e. The van der Waals surface area contributed by atoms with Crippen LogP contribution in [0.1, 0.15) is 10.4 Å². The lowest BCUT2D eigenvalue weighted by molar-refractivity contribution is 0.0202. The standard InChI is InChI=1S/C13H16ClN3O/c1-16(9-7-14)17-10-8-15-13(17)12(18)11-5-3-2-4-6-11/h2-6,8,10,13,15H,7,9H2,1H3. The molecule has 0 radical (unpaired) electrons. The highest BCUT2D eigenvalue weighted by Gasteiger charge is 2.29. The number of rotatable bonds is 5. The average molecular weight is 266 g/mol. The number of Topliss-reactive ketones (excluding diaryl/α,β-unsaturated/α-hetero) is 1. The molecule has 18 heavy (non-hydrogen) atoms. The second-order valence-corrected chi connectivity index (χ2v) is 4.44. The van der Waals surface area contributed by atoms with Crippen molar-refractivity contribution in [3.8, 4) is 0 Å². The Hall–Kier alpha value is -1.52. The fraction of sp³-hybridized carbons (Fsp3) is 0.308. The number of nitrogens with one attached hydrogen (secondary N) is 1. The highest BCUT2D eigenvalue weighted by Crippen LogP contribution is 2.13. The minimum absolute atomic E-state index is 0.0435. The van der Waals surface area contributed by atoms with Crippen molar-refractivity contribution in [2.24, 2.45) is 0 Å². The van der Waals surface area contributed by atoms with E-state index < -0.39 is 0 Å². The molecule has 0 bridgehead atoms. The molecule has 0 saturated heterocycles. The number of ketones is 1. The number of alkyl halides is 1. The Morgan fingerprint density at radius 2 is 2.17 bits per heavy atom. The van der Waals surface area contributed by atoms with Gasteiger partial charge in [0.15, 0.2) is 6.17 Å². The molecule has 0 spiro atoms. The van der Waals surface area contributed by atoms with E-state index in [9.17, 15) is 4.79 Å². The van der Waals surface area contributed by atoms with Crippen LogP contribution in [0.25, 0.3) is 0 Å². The molecule has 0 amide bonds. The molecular weight excluding hydrogens is 250 g/mol. The largest absolute Gasteiger partial charge is 0.362 e. The van der Waals surface area contributed by atoms with Gasteiger partial charge in [0.1, 0.15) is 0 Å². The van der Waals surface area contributed by atoms with Crippen LogP contribution < -0.4 is 5.32 Å². The summed E-state index contributed by atoms with van der Waals surface area (Å²) in [7, 11) is 1.91. The summed E-state index contributed by atoms with van der Waals surface area (Å²) >= 11 is 5.72. The van der Waals surface area contributed by atoms with Gasteiger partial charge in [0.25, 0.3) is 0 Å². The Morgan fingerprint density at radius 3 is 2.83 bits per heavy atom. The van der Waals surface area contributed by atoms with Crippen LogP contribution in [-0.4, -0.2) is 41.4 Å². The van der Waals surface area contributed by atoms with Crippen LogP contribution in [0.15, 0.2) is 42.7 Å². The molecule has 1 unspecified atom stereocenters. The van der Waals surface area contributed by atoms with Crippen molar-refractivity contribution in [3.05, 3.63) is 48.3 Å². The molecule has 5 heteroatoms. The summed E-state index contributed by atoms with van der Waals surface area (Å²) in [4.78, 5) is 12.4. The Kier molecular flexibility index (Phi) is 4.23. The van der Waals surface area contributed by atoms with Crippen LogP contribution in [0, 0.1) is 0 Å². The van der Waals surface area contributed by atoms with Crippen LogP contribution >= 0.6 is 11.6 Å². The molecule has 0 aliphatic carbocycles. The van der Waals surface area contributed by atoms with Crippen molar-refractivity contribution in [3.63, 3.8) is 0 Å². The number of nitrogens with zero attached hydrogens (tertiary/aromatic N) is 2. The zero-order valence-electron chi connectivity index (χ0n) is 10.2. The molecule has 1 aliphatic rings. The fourth-order valence-corrected chi connectivity index (χ4v) is 2.12. The monoisotopic (exact) mass is 265 g/mol. The summed E-state index contributed by atoms with van der Waals surface area (Å²) in [5.41, 5.74) is 0.697. The first kappa shape index (κ1) is 12.9. The van der Waals surface area contributed by atoms with Crippen LogP contribution in [0.3, 0.4) is 0 Å². The predicted molar refractivity (Wildman–Crippen MR) is 72.0 cm³/mol. The maximum absolute atomic E-state index is 12.4. The number of carbonyl (C=O) groups is 1. The number of halogens is 1. The van der Waals surface area contributed by atoms with Gasteiger partial charge in [-0.2, -0.15) is 0 Å². The highest BCUT2D eigenvalue weighted by molar-refractivity contribution is 6.18. The molecule has 4 nitrogen and oxygen atoms in total. The molecule has 1 heterocycles. The Labute approximate surface area is 112 Å². The number of hydrogen-bond donors (Lipinski definition) is 1. The van der Waals surface area contributed by atoms with Gasteiger partial charge in [-0.15, -0.1) is 11.6 Å². The molecule has 1 aliphatic heterocycles. The minimum atomic E-state index is -0.388. The van der Waals surface area contributed by atoms with E-state index in [0.29, 0.717) is 18.0 Å². The molecular formula is C13H16ClN3O. The zero-order valence-corrected chi connectivity index (χ0v) is 11.0. The second kappa shape index (κ2) is 5.89. The van der Waals surface area contributed by atoms with Gasteiger partial charge in [0.2, 0.25) is 5.78 Å². The van der Waals surface area contributed by atoms with E-state index in [1.807, 2.05) is 53.6 Å². The van der Waals surface area contributed by atoms with Crippen LogP contribution in [0.5, 0.6) is 0 Å². The van der Waals surface area contributed by atoms with E-state index in [0.717, 1.165) is 0 Å². The lowest BCUT2D eigenvalue weighted by Crippen LogP contribution is -2.50. The average Bonchev–Trinajstić information content (AvgIpc) is 2.88. The van der Waals surface area contributed by atoms with E-state index in [-0.39, 0.29) is 11.9 Å². The first-order chi connectivity index (χ1) is 8.74. The maximum Gasteiger partial charge on any atom is 0.206 e. The smallest absolute Gasteiger partial charge is 0.206 e. The normalized spacial score (nSPS) is 18.2. The quantitative estimate of drug-likeness (QED) is 0.649. The molecule has 1 atom stereocenters. The van der Waals surface area contributed by atoms with Gasteiger partial charge in [-0.3, -0.25) is 9.80 Å². The third-order valence-electron chi connectivity index (χ3n) is 2.85. The van der Waals surface area contributed by atoms with Crippen molar-refractivity contribution < 1.29 is 4.79 Å². The number of hydrazine groups is 1. The number of carbonyl (C=O) groups excluding carboxylic acids is 1. The van der Waals surface area contributed by atoms with E-state index in [2.05, 4.69) is 5.32 Å². The Balaban J connectivity index is 2.11. The zero-order chi connectivity index (χ0) is 13.0. The van der Waals surface area contributed by atoms with Gasteiger partial charge in [-0.05, 0) is 0 Å². The summed E-state index contributed by atoms with van der Waals surface area (Å²) in [6.45, 7) is 0.687. The van der Waals surface area contributed by atoms with E-state index >= 15 is 0 Å². The SMILES string of the molecule is CN(CCCl)N1C=CNC1C(=O)c1ccccc1. The Bertz CT molecular complexity index is 435. The third-order valence-corrected chi connectivity index (χ3v) is 3.02. The molecule has 96 valence electrons. The first-order valence-electron chi connectivity index (χ1n) is 5.81. The summed E-state index contributed by atoms with van der Waals surface area (Å²) in [5.74, 6) is 0.564. The molecule has 2 rings (SSSR count). The fourth-order valence-electron chi connectivity index (χ4n) is 1.88. The first-order valence-corrected chi connectivity index (χ1v) is 6.35. The number of benzene rings is 1. The molecule has 1 N–H and O–H groups in total. The van der Waals surface area contributed by atoms with Crippen molar-refractivity contribution in [2.75, 3.05) is 19.5 Å².